The molecular weight excluding hydrogens is 585 g/mol. The number of furan rings is 1. The third-order valence-electron chi connectivity index (χ3n) is 10.8. The van der Waals surface area contributed by atoms with E-state index in [0.29, 0.717) is 0 Å². The molecule has 10 rings (SSSR count). The molecule has 6 aromatic carbocycles. The molecule has 230 valence electrons. The first-order valence-corrected chi connectivity index (χ1v) is 17.0. The number of fused-ring (bicyclic) bond motifs is 12. The van der Waals surface area contributed by atoms with E-state index in [4.69, 9.17) is 9.15 Å². The van der Waals surface area contributed by atoms with Gasteiger partial charge in [-0.25, -0.2) is 0 Å². The van der Waals surface area contributed by atoms with Crippen molar-refractivity contribution in [1.29, 1.82) is 0 Å². The standard InChI is InChI=1S/C46H34O2/c1-46(2)40-23-20-31(27-43(40)48-45-41(46)24-22-38-37-17-9-10-18-42(37)47-44(38)45)29-12-4-3-11-28(25-29)30-19-21-36-34-15-6-5-13-32(34)33-14-7-8-16-35(33)39(36)26-30/h3-8,10-11,13-16,18-27H,9,12,17H2,1-2H3. The Morgan fingerprint density at radius 2 is 1.33 bits per heavy atom. The van der Waals surface area contributed by atoms with Gasteiger partial charge in [0.2, 0.25) is 0 Å². The average Bonchev–Trinajstić information content (AvgIpc) is 3.33. The minimum Gasteiger partial charge on any atom is -0.453 e. The van der Waals surface area contributed by atoms with Gasteiger partial charge in [-0.3, -0.25) is 0 Å². The van der Waals surface area contributed by atoms with Gasteiger partial charge >= 0.3 is 0 Å². The van der Waals surface area contributed by atoms with Crippen LogP contribution in [0.15, 0.2) is 132 Å². The third kappa shape index (κ3) is 3.99. The molecule has 0 saturated carbocycles. The molecule has 2 nitrogen and oxygen atoms in total. The number of hydrogen-bond acceptors (Lipinski definition) is 2. The van der Waals surface area contributed by atoms with E-state index in [9.17, 15) is 0 Å². The fraction of sp³-hybridized carbons (Fsp3) is 0.130. The van der Waals surface area contributed by atoms with Crippen LogP contribution in [0.2, 0.25) is 0 Å². The van der Waals surface area contributed by atoms with Crippen LogP contribution in [0.3, 0.4) is 0 Å². The van der Waals surface area contributed by atoms with Crippen molar-refractivity contribution >= 4 is 60.5 Å². The maximum Gasteiger partial charge on any atom is 0.177 e. The van der Waals surface area contributed by atoms with Crippen molar-refractivity contribution in [2.45, 2.75) is 38.5 Å². The molecule has 0 saturated heterocycles. The lowest BCUT2D eigenvalue weighted by Crippen LogP contribution is -2.24. The minimum absolute atomic E-state index is 0.223. The first kappa shape index (κ1) is 27.5. The predicted octanol–water partition coefficient (Wildman–Crippen LogP) is 12.7. The molecule has 2 heteroatoms. The molecule has 3 aliphatic rings. The molecule has 1 aromatic heterocycles. The van der Waals surface area contributed by atoms with Gasteiger partial charge in [0.05, 0.1) is 0 Å². The number of hydrogen-bond donors (Lipinski definition) is 0. The summed E-state index contributed by atoms with van der Waals surface area (Å²) in [6.45, 7) is 4.59. The van der Waals surface area contributed by atoms with Gasteiger partial charge in [0.1, 0.15) is 11.5 Å². The number of allylic oxidation sites excluding steroid dienone is 7. The first-order chi connectivity index (χ1) is 23.5. The fourth-order valence-electron chi connectivity index (χ4n) is 8.32. The van der Waals surface area contributed by atoms with E-state index in [0.717, 1.165) is 42.1 Å². The maximum absolute atomic E-state index is 6.82. The van der Waals surface area contributed by atoms with Gasteiger partial charge < -0.3 is 9.15 Å². The van der Waals surface area contributed by atoms with E-state index in [-0.39, 0.29) is 5.41 Å². The molecule has 7 aromatic rings. The van der Waals surface area contributed by atoms with Crippen LogP contribution in [0.1, 0.15) is 60.3 Å². The van der Waals surface area contributed by atoms with Crippen LogP contribution in [-0.2, 0) is 11.8 Å². The summed E-state index contributed by atoms with van der Waals surface area (Å²) in [5.41, 5.74) is 9.17. The second-order valence-corrected chi connectivity index (χ2v) is 13.9. The molecule has 2 heterocycles. The molecule has 0 bridgehead atoms. The zero-order valence-electron chi connectivity index (χ0n) is 27.1. The molecule has 0 N–H and O–H groups in total. The normalized spacial score (nSPS) is 16.3. The highest BCUT2D eigenvalue weighted by molar-refractivity contribution is 6.25. The Labute approximate surface area is 280 Å². The van der Waals surface area contributed by atoms with Crippen LogP contribution in [0.4, 0.5) is 0 Å². The zero-order chi connectivity index (χ0) is 32.0. The minimum atomic E-state index is -0.223. The average molecular weight is 619 g/mol. The van der Waals surface area contributed by atoms with Gasteiger partial charge in [0.15, 0.2) is 11.3 Å². The molecule has 0 fully saturated rings. The summed E-state index contributed by atoms with van der Waals surface area (Å²) in [5.74, 6) is 2.73. The second kappa shape index (κ2) is 10.2. The van der Waals surface area contributed by atoms with E-state index in [2.05, 4.69) is 147 Å². The van der Waals surface area contributed by atoms with Crippen molar-refractivity contribution in [2.75, 3.05) is 0 Å². The lowest BCUT2D eigenvalue weighted by molar-refractivity contribution is 0.413. The summed E-state index contributed by atoms with van der Waals surface area (Å²) < 4.78 is 13.3. The SMILES string of the molecule is CC1(C)c2ccc(C3=CC(c4ccc5c6ccccc6c6ccccc6c5c4)=CC=CC3)cc2Oc2c1ccc1c3c(oc21)C=CCC3. The Kier molecular flexibility index (Phi) is 5.84. The van der Waals surface area contributed by atoms with Gasteiger partial charge in [-0.15, -0.1) is 0 Å². The lowest BCUT2D eigenvalue weighted by atomic mass is 9.75. The number of rotatable bonds is 2. The molecule has 0 amide bonds. The molecule has 0 radical (unpaired) electrons. The summed E-state index contributed by atoms with van der Waals surface area (Å²) in [6, 6.07) is 35.8. The summed E-state index contributed by atoms with van der Waals surface area (Å²) in [6.07, 6.45) is 16.3. The van der Waals surface area contributed by atoms with E-state index in [1.54, 1.807) is 0 Å². The third-order valence-corrected chi connectivity index (χ3v) is 10.8. The van der Waals surface area contributed by atoms with E-state index in [1.165, 1.54) is 76.7 Å². The summed E-state index contributed by atoms with van der Waals surface area (Å²) >= 11 is 0. The first-order valence-electron chi connectivity index (χ1n) is 17.0. The van der Waals surface area contributed by atoms with Crippen molar-refractivity contribution in [1.82, 2.24) is 0 Å². The summed E-state index contributed by atoms with van der Waals surface area (Å²) in [4.78, 5) is 0. The molecule has 0 unspecified atom stereocenters. The van der Waals surface area contributed by atoms with Crippen LogP contribution < -0.4 is 4.74 Å². The van der Waals surface area contributed by atoms with Gasteiger partial charge in [-0.1, -0.05) is 129 Å². The van der Waals surface area contributed by atoms with Gasteiger partial charge in [0, 0.05) is 27.5 Å². The van der Waals surface area contributed by atoms with E-state index < -0.39 is 0 Å². The van der Waals surface area contributed by atoms with Gasteiger partial charge in [-0.05, 0) is 92.1 Å². The molecular formula is C46H34O2. The largest absolute Gasteiger partial charge is 0.453 e. The Bertz CT molecular complexity index is 2600. The molecule has 48 heavy (non-hydrogen) atoms. The highest BCUT2D eigenvalue weighted by Crippen LogP contribution is 2.52. The number of benzene rings is 6. The monoisotopic (exact) mass is 618 g/mol. The summed E-state index contributed by atoms with van der Waals surface area (Å²) in [7, 11) is 0. The van der Waals surface area contributed by atoms with Crippen molar-refractivity contribution < 1.29 is 9.15 Å². The van der Waals surface area contributed by atoms with Crippen LogP contribution in [0, 0.1) is 0 Å². The van der Waals surface area contributed by atoms with E-state index in [1.807, 2.05) is 0 Å². The Hall–Kier alpha value is -5.60. The van der Waals surface area contributed by atoms with E-state index >= 15 is 0 Å². The number of aryl methyl sites for hydroxylation is 1. The van der Waals surface area contributed by atoms with Gasteiger partial charge in [0.25, 0.3) is 0 Å². The molecule has 0 spiro atoms. The van der Waals surface area contributed by atoms with Crippen LogP contribution in [0.25, 0.3) is 60.5 Å². The Morgan fingerprint density at radius 3 is 2.12 bits per heavy atom. The quantitative estimate of drug-likeness (QED) is 0.180. The lowest BCUT2D eigenvalue weighted by Gasteiger charge is -2.34. The molecule has 1 aliphatic heterocycles. The van der Waals surface area contributed by atoms with Crippen molar-refractivity contribution in [3.8, 4) is 11.5 Å². The van der Waals surface area contributed by atoms with Crippen LogP contribution in [0.5, 0.6) is 11.5 Å². The topological polar surface area (TPSA) is 22.4 Å². The zero-order valence-corrected chi connectivity index (χ0v) is 27.1. The highest BCUT2D eigenvalue weighted by Gasteiger charge is 2.37. The summed E-state index contributed by atoms with van der Waals surface area (Å²) in [5, 5.41) is 8.94. The number of ether oxygens (including phenoxy) is 1. The molecule has 0 atom stereocenters. The predicted molar refractivity (Wildman–Crippen MR) is 201 cm³/mol. The smallest absolute Gasteiger partial charge is 0.177 e. The van der Waals surface area contributed by atoms with Crippen molar-refractivity contribution in [2.24, 2.45) is 0 Å². The highest BCUT2D eigenvalue weighted by atomic mass is 16.5. The van der Waals surface area contributed by atoms with Crippen molar-refractivity contribution in [3.63, 3.8) is 0 Å². The van der Waals surface area contributed by atoms with Crippen LogP contribution in [-0.4, -0.2) is 0 Å². The Morgan fingerprint density at radius 1 is 0.646 bits per heavy atom. The fourth-order valence-corrected chi connectivity index (χ4v) is 8.32. The van der Waals surface area contributed by atoms with Crippen molar-refractivity contribution in [3.05, 3.63) is 161 Å². The maximum atomic E-state index is 6.82. The van der Waals surface area contributed by atoms with Crippen LogP contribution >= 0.6 is 0 Å². The molecule has 2 aliphatic carbocycles. The van der Waals surface area contributed by atoms with Gasteiger partial charge in [-0.2, -0.15) is 0 Å². The second-order valence-electron chi connectivity index (χ2n) is 13.9. The Balaban J connectivity index is 1.07.